The van der Waals surface area contributed by atoms with Gasteiger partial charge < -0.3 is 15.0 Å². The van der Waals surface area contributed by atoms with Gasteiger partial charge in [0.1, 0.15) is 5.75 Å². The fourth-order valence-corrected chi connectivity index (χ4v) is 3.55. The average Bonchev–Trinajstić information content (AvgIpc) is 2.64. The molecule has 2 atom stereocenters. The molecule has 26 heavy (non-hydrogen) atoms. The Bertz CT molecular complexity index is 814. The van der Waals surface area contributed by atoms with Crippen LogP contribution in [0.5, 0.6) is 5.75 Å². The molecule has 5 heteroatoms. The van der Waals surface area contributed by atoms with Crippen molar-refractivity contribution in [1.29, 1.82) is 0 Å². The third kappa shape index (κ3) is 3.17. The summed E-state index contributed by atoms with van der Waals surface area (Å²) in [5.74, 6) is 0.120. The summed E-state index contributed by atoms with van der Waals surface area (Å²) in [6.07, 6.45) is 0. The molecular weight excluding hydrogens is 328 g/mol. The smallest absolute Gasteiger partial charge is 0.254 e. The van der Waals surface area contributed by atoms with Crippen molar-refractivity contribution in [3.8, 4) is 5.75 Å². The average molecular weight is 352 g/mol. The molecule has 0 radical (unpaired) electrons. The summed E-state index contributed by atoms with van der Waals surface area (Å²) in [6.45, 7) is 3.87. The monoisotopic (exact) mass is 352 g/mol. The van der Waals surface area contributed by atoms with Crippen molar-refractivity contribution in [3.05, 3.63) is 65.2 Å². The first-order valence-electron chi connectivity index (χ1n) is 8.74. The lowest BCUT2D eigenvalue weighted by Crippen LogP contribution is -2.46. The number of amides is 2. The van der Waals surface area contributed by atoms with Crippen molar-refractivity contribution in [2.45, 2.75) is 31.8 Å². The van der Waals surface area contributed by atoms with Gasteiger partial charge in [0.2, 0.25) is 5.91 Å². The second kappa shape index (κ2) is 7.20. The number of nitrogens with zero attached hydrogens (tertiary/aromatic N) is 1. The second-order valence-corrected chi connectivity index (χ2v) is 6.86. The molecular formula is C21H24N2O3. The zero-order valence-electron chi connectivity index (χ0n) is 15.5. The number of carbonyl (C=O) groups excluding carboxylic acids is 2. The minimum Gasteiger partial charge on any atom is -0.497 e. The summed E-state index contributed by atoms with van der Waals surface area (Å²) in [5.41, 5.74) is 2.26. The van der Waals surface area contributed by atoms with Crippen LogP contribution in [0.4, 0.5) is 0 Å². The van der Waals surface area contributed by atoms with Crippen LogP contribution in [0.15, 0.2) is 48.5 Å². The van der Waals surface area contributed by atoms with Gasteiger partial charge in [-0.05, 0) is 43.2 Å². The van der Waals surface area contributed by atoms with E-state index in [1.54, 1.807) is 25.1 Å². The molecule has 2 aromatic rings. The number of hydrogen-bond acceptors (Lipinski definition) is 3. The van der Waals surface area contributed by atoms with Crippen LogP contribution in [0.2, 0.25) is 0 Å². The predicted molar refractivity (Wildman–Crippen MR) is 100 cm³/mol. The van der Waals surface area contributed by atoms with E-state index in [4.69, 9.17) is 4.74 Å². The van der Waals surface area contributed by atoms with Gasteiger partial charge >= 0.3 is 0 Å². The molecule has 0 saturated heterocycles. The predicted octanol–water partition coefficient (Wildman–Crippen LogP) is 3.13. The second-order valence-electron chi connectivity index (χ2n) is 6.86. The standard InChI is InChI=1S/C21H24N2O3/c1-13(2)22-20(24)18-16-7-5-6-8-17(16)21(25)23(3)19(18)14-9-11-15(26-4)12-10-14/h5-13,18-19H,1-4H3,(H,22,24)/t18-,19+/m1/s1. The summed E-state index contributed by atoms with van der Waals surface area (Å²) < 4.78 is 5.23. The normalized spacial score (nSPS) is 19.3. The summed E-state index contributed by atoms with van der Waals surface area (Å²) in [7, 11) is 3.36. The number of fused-ring (bicyclic) bond motifs is 1. The molecule has 0 saturated carbocycles. The number of nitrogens with one attached hydrogen (secondary N) is 1. The third-order valence-electron chi connectivity index (χ3n) is 4.75. The Hall–Kier alpha value is -2.82. The molecule has 0 aliphatic carbocycles. The van der Waals surface area contributed by atoms with Crippen LogP contribution in [0.1, 0.15) is 47.3 Å². The van der Waals surface area contributed by atoms with Gasteiger partial charge in [0, 0.05) is 18.7 Å². The first-order chi connectivity index (χ1) is 12.4. The zero-order valence-corrected chi connectivity index (χ0v) is 15.5. The molecule has 0 fully saturated rings. The third-order valence-corrected chi connectivity index (χ3v) is 4.75. The first kappa shape index (κ1) is 18.0. The number of hydrogen-bond donors (Lipinski definition) is 1. The molecule has 0 aromatic heterocycles. The van der Waals surface area contributed by atoms with Crippen LogP contribution in [0.25, 0.3) is 0 Å². The topological polar surface area (TPSA) is 58.6 Å². The highest BCUT2D eigenvalue weighted by Crippen LogP contribution is 2.42. The molecule has 5 nitrogen and oxygen atoms in total. The maximum absolute atomic E-state index is 13.1. The highest BCUT2D eigenvalue weighted by molar-refractivity contribution is 6.01. The molecule has 1 heterocycles. The molecule has 1 aliphatic heterocycles. The minimum absolute atomic E-state index is 0.0223. The number of methoxy groups -OCH3 is 1. The van der Waals surface area contributed by atoms with Gasteiger partial charge in [-0.25, -0.2) is 0 Å². The van der Waals surface area contributed by atoms with Crippen LogP contribution < -0.4 is 10.1 Å². The summed E-state index contributed by atoms with van der Waals surface area (Å²) >= 11 is 0. The fourth-order valence-electron chi connectivity index (χ4n) is 3.55. The van der Waals surface area contributed by atoms with Crippen molar-refractivity contribution in [2.75, 3.05) is 14.2 Å². The molecule has 0 bridgehead atoms. The van der Waals surface area contributed by atoms with E-state index in [1.807, 2.05) is 56.3 Å². The number of carbonyl (C=O) groups is 2. The maximum Gasteiger partial charge on any atom is 0.254 e. The molecule has 1 aliphatic rings. The van der Waals surface area contributed by atoms with Crippen LogP contribution in [0.3, 0.4) is 0 Å². The molecule has 3 rings (SSSR count). The minimum atomic E-state index is -0.468. The van der Waals surface area contributed by atoms with Gasteiger partial charge in [0.05, 0.1) is 19.1 Å². The van der Waals surface area contributed by atoms with Gasteiger partial charge in [-0.1, -0.05) is 30.3 Å². The SMILES string of the molecule is COc1ccc([C@H]2[C@H](C(=O)NC(C)C)c3ccccc3C(=O)N2C)cc1. The van der Waals surface area contributed by atoms with E-state index in [0.29, 0.717) is 5.56 Å². The van der Waals surface area contributed by atoms with Crippen molar-refractivity contribution in [3.63, 3.8) is 0 Å². The number of likely N-dealkylation sites (N-methyl/N-ethyl adjacent to an activating group) is 1. The largest absolute Gasteiger partial charge is 0.497 e. The number of rotatable bonds is 4. The highest BCUT2D eigenvalue weighted by Gasteiger charge is 2.42. The molecule has 0 spiro atoms. The van der Waals surface area contributed by atoms with Crippen molar-refractivity contribution in [2.24, 2.45) is 0 Å². The lowest BCUT2D eigenvalue weighted by Gasteiger charge is -2.40. The van der Waals surface area contributed by atoms with Gasteiger partial charge in [-0.2, -0.15) is 0 Å². The Morgan fingerprint density at radius 1 is 1.12 bits per heavy atom. The van der Waals surface area contributed by atoms with E-state index in [1.165, 1.54) is 0 Å². The lowest BCUT2D eigenvalue weighted by atomic mass is 9.79. The maximum atomic E-state index is 13.1. The van der Waals surface area contributed by atoms with Crippen molar-refractivity contribution in [1.82, 2.24) is 10.2 Å². The van der Waals surface area contributed by atoms with Crippen molar-refractivity contribution < 1.29 is 14.3 Å². The molecule has 0 unspecified atom stereocenters. The zero-order chi connectivity index (χ0) is 18.8. The summed E-state index contributed by atoms with van der Waals surface area (Å²) in [6, 6.07) is 14.5. The van der Waals surface area contributed by atoms with Gasteiger partial charge in [-0.3, -0.25) is 9.59 Å². The lowest BCUT2D eigenvalue weighted by molar-refractivity contribution is -0.124. The van der Waals surface area contributed by atoms with Gasteiger partial charge in [0.15, 0.2) is 0 Å². The number of benzene rings is 2. The summed E-state index contributed by atoms with van der Waals surface area (Å²) in [4.78, 5) is 27.6. The summed E-state index contributed by atoms with van der Waals surface area (Å²) in [5, 5.41) is 3.01. The van der Waals surface area contributed by atoms with Crippen LogP contribution in [-0.2, 0) is 4.79 Å². The van der Waals surface area contributed by atoms with E-state index < -0.39 is 5.92 Å². The van der Waals surface area contributed by atoms with Gasteiger partial charge in [-0.15, -0.1) is 0 Å². The van der Waals surface area contributed by atoms with E-state index >= 15 is 0 Å². The Balaban J connectivity index is 2.12. The molecule has 136 valence electrons. The molecule has 2 amide bonds. The van der Waals surface area contributed by atoms with Crippen LogP contribution in [0, 0.1) is 0 Å². The molecule has 1 N–H and O–H groups in total. The molecule has 2 aromatic carbocycles. The van der Waals surface area contributed by atoms with Gasteiger partial charge in [0.25, 0.3) is 5.91 Å². The van der Waals surface area contributed by atoms with E-state index in [9.17, 15) is 9.59 Å². The Morgan fingerprint density at radius 3 is 2.38 bits per heavy atom. The van der Waals surface area contributed by atoms with E-state index in [0.717, 1.165) is 16.9 Å². The Morgan fingerprint density at radius 2 is 1.77 bits per heavy atom. The van der Waals surface area contributed by atoms with Crippen LogP contribution in [-0.4, -0.2) is 36.9 Å². The van der Waals surface area contributed by atoms with Crippen molar-refractivity contribution >= 4 is 11.8 Å². The Kier molecular flexibility index (Phi) is 4.98. The van der Waals surface area contributed by atoms with Crippen LogP contribution >= 0.6 is 0 Å². The van der Waals surface area contributed by atoms with E-state index in [2.05, 4.69) is 5.32 Å². The Labute approximate surface area is 154 Å². The number of ether oxygens (including phenoxy) is 1. The fraction of sp³-hybridized carbons (Fsp3) is 0.333. The highest BCUT2D eigenvalue weighted by atomic mass is 16.5. The quantitative estimate of drug-likeness (QED) is 0.920. The first-order valence-corrected chi connectivity index (χ1v) is 8.74. The van der Waals surface area contributed by atoms with E-state index in [-0.39, 0.29) is 23.9 Å².